The monoisotopic (exact) mass is 337 g/mol. The zero-order chi connectivity index (χ0) is 17.6. The first-order chi connectivity index (χ1) is 12.1. The standard InChI is InChI=1S/C20H19NO4/c22-19(17-8-4-5-9-18(17)20(23)24)21-14-10-12-16(13-11-14)25-15-6-2-1-3-7-15/h1-3,6-7,10-13H,4-5,8-9H2,(H,21,22)(H,23,24). The summed E-state index contributed by atoms with van der Waals surface area (Å²) in [5, 5.41) is 12.0. The van der Waals surface area contributed by atoms with Gasteiger partial charge >= 0.3 is 5.97 Å². The molecule has 3 rings (SSSR count). The summed E-state index contributed by atoms with van der Waals surface area (Å²) in [6.45, 7) is 0. The lowest BCUT2D eigenvalue weighted by molar-refractivity contribution is -0.133. The van der Waals surface area contributed by atoms with Gasteiger partial charge in [-0.15, -0.1) is 0 Å². The highest BCUT2D eigenvalue weighted by Crippen LogP contribution is 2.27. The van der Waals surface area contributed by atoms with E-state index in [2.05, 4.69) is 5.32 Å². The van der Waals surface area contributed by atoms with E-state index in [1.54, 1.807) is 24.3 Å². The van der Waals surface area contributed by atoms with Crippen molar-refractivity contribution < 1.29 is 19.4 Å². The molecular weight excluding hydrogens is 318 g/mol. The Balaban J connectivity index is 1.69. The molecule has 0 saturated heterocycles. The van der Waals surface area contributed by atoms with Gasteiger partial charge in [0, 0.05) is 16.8 Å². The van der Waals surface area contributed by atoms with Crippen molar-refractivity contribution in [2.45, 2.75) is 25.7 Å². The molecule has 0 saturated carbocycles. The fourth-order valence-corrected chi connectivity index (χ4v) is 2.83. The van der Waals surface area contributed by atoms with E-state index in [0.717, 1.165) is 18.6 Å². The third-order valence-corrected chi connectivity index (χ3v) is 4.09. The lowest BCUT2D eigenvalue weighted by Gasteiger charge is -2.17. The summed E-state index contributed by atoms with van der Waals surface area (Å²) in [6, 6.07) is 16.4. The van der Waals surface area contributed by atoms with Gasteiger partial charge in [0.1, 0.15) is 11.5 Å². The van der Waals surface area contributed by atoms with Crippen molar-refractivity contribution in [1.29, 1.82) is 0 Å². The van der Waals surface area contributed by atoms with E-state index in [-0.39, 0.29) is 11.5 Å². The van der Waals surface area contributed by atoms with Gasteiger partial charge in [-0.25, -0.2) is 4.79 Å². The number of carboxylic acid groups (broad SMARTS) is 1. The van der Waals surface area contributed by atoms with Gasteiger partial charge in [-0.3, -0.25) is 4.79 Å². The molecule has 0 spiro atoms. The minimum atomic E-state index is -1.00. The molecule has 2 aromatic rings. The van der Waals surface area contributed by atoms with Crippen molar-refractivity contribution in [2.75, 3.05) is 5.32 Å². The first-order valence-corrected chi connectivity index (χ1v) is 8.23. The van der Waals surface area contributed by atoms with E-state index in [4.69, 9.17) is 4.74 Å². The number of amides is 1. The molecule has 0 heterocycles. The summed E-state index contributed by atoms with van der Waals surface area (Å²) in [7, 11) is 0. The largest absolute Gasteiger partial charge is 0.478 e. The Morgan fingerprint density at radius 2 is 1.44 bits per heavy atom. The third kappa shape index (κ3) is 4.26. The molecule has 1 aliphatic carbocycles. The zero-order valence-corrected chi connectivity index (χ0v) is 13.7. The molecule has 0 radical (unpaired) electrons. The van der Waals surface area contributed by atoms with Gasteiger partial charge in [-0.05, 0) is 62.1 Å². The molecule has 0 fully saturated rings. The number of anilines is 1. The summed E-state index contributed by atoms with van der Waals surface area (Å²) in [5.74, 6) is 0.0512. The molecule has 0 aromatic heterocycles. The SMILES string of the molecule is O=C(O)C1=C(C(=O)Nc2ccc(Oc3ccccc3)cc2)CCCC1. The lowest BCUT2D eigenvalue weighted by atomic mass is 9.91. The van der Waals surface area contributed by atoms with E-state index in [9.17, 15) is 14.7 Å². The van der Waals surface area contributed by atoms with Gasteiger partial charge < -0.3 is 15.2 Å². The highest BCUT2D eigenvalue weighted by molar-refractivity contribution is 6.08. The predicted molar refractivity (Wildman–Crippen MR) is 94.7 cm³/mol. The van der Waals surface area contributed by atoms with Crippen LogP contribution >= 0.6 is 0 Å². The van der Waals surface area contributed by atoms with Crippen molar-refractivity contribution in [3.63, 3.8) is 0 Å². The first kappa shape index (κ1) is 16.8. The molecule has 2 N–H and O–H groups in total. The minimum Gasteiger partial charge on any atom is -0.478 e. The number of carbonyl (C=O) groups excluding carboxylic acids is 1. The topological polar surface area (TPSA) is 75.6 Å². The highest BCUT2D eigenvalue weighted by Gasteiger charge is 2.23. The summed E-state index contributed by atoms with van der Waals surface area (Å²) in [5.41, 5.74) is 1.21. The zero-order valence-electron chi connectivity index (χ0n) is 13.7. The Morgan fingerprint density at radius 1 is 0.840 bits per heavy atom. The average molecular weight is 337 g/mol. The fourth-order valence-electron chi connectivity index (χ4n) is 2.83. The summed E-state index contributed by atoms with van der Waals surface area (Å²) < 4.78 is 5.70. The number of rotatable bonds is 5. The van der Waals surface area contributed by atoms with Crippen molar-refractivity contribution in [3.8, 4) is 11.5 Å². The maximum atomic E-state index is 12.4. The summed E-state index contributed by atoms with van der Waals surface area (Å²) in [4.78, 5) is 23.7. The highest BCUT2D eigenvalue weighted by atomic mass is 16.5. The number of hydrogen-bond donors (Lipinski definition) is 2. The molecule has 0 atom stereocenters. The molecule has 128 valence electrons. The number of ether oxygens (including phenoxy) is 1. The lowest BCUT2D eigenvalue weighted by Crippen LogP contribution is -2.21. The van der Waals surface area contributed by atoms with Crippen LogP contribution in [0.4, 0.5) is 5.69 Å². The molecule has 1 amide bonds. The maximum Gasteiger partial charge on any atom is 0.332 e. The van der Waals surface area contributed by atoms with Gasteiger partial charge in [-0.2, -0.15) is 0 Å². The van der Waals surface area contributed by atoms with Gasteiger partial charge in [0.05, 0.1) is 0 Å². The minimum absolute atomic E-state index is 0.229. The van der Waals surface area contributed by atoms with Crippen molar-refractivity contribution in [1.82, 2.24) is 0 Å². The number of carboxylic acids is 1. The third-order valence-electron chi connectivity index (χ3n) is 4.09. The number of para-hydroxylation sites is 1. The van der Waals surface area contributed by atoms with Crippen LogP contribution in [-0.4, -0.2) is 17.0 Å². The van der Waals surface area contributed by atoms with Crippen LogP contribution in [0.15, 0.2) is 65.7 Å². The Labute approximate surface area is 145 Å². The number of carbonyl (C=O) groups is 2. The van der Waals surface area contributed by atoms with Gasteiger partial charge in [0.2, 0.25) is 0 Å². The van der Waals surface area contributed by atoms with Crippen LogP contribution in [0.25, 0.3) is 0 Å². The van der Waals surface area contributed by atoms with Gasteiger partial charge in [-0.1, -0.05) is 18.2 Å². The molecule has 1 aliphatic rings. The molecular formula is C20H19NO4. The van der Waals surface area contributed by atoms with Crippen LogP contribution < -0.4 is 10.1 Å². The second kappa shape index (κ2) is 7.66. The first-order valence-electron chi connectivity index (χ1n) is 8.23. The Hall–Kier alpha value is -3.08. The van der Waals surface area contributed by atoms with E-state index in [1.807, 2.05) is 30.3 Å². The van der Waals surface area contributed by atoms with Crippen molar-refractivity contribution >= 4 is 17.6 Å². The van der Waals surface area contributed by atoms with Crippen LogP contribution in [-0.2, 0) is 9.59 Å². The Morgan fingerprint density at radius 3 is 2.08 bits per heavy atom. The van der Waals surface area contributed by atoms with Crippen LogP contribution in [0.2, 0.25) is 0 Å². The summed E-state index contributed by atoms with van der Waals surface area (Å²) in [6.07, 6.45) is 2.60. The van der Waals surface area contributed by atoms with Crippen molar-refractivity contribution in [3.05, 3.63) is 65.7 Å². The Bertz CT molecular complexity index is 794. The number of benzene rings is 2. The van der Waals surface area contributed by atoms with Crippen molar-refractivity contribution in [2.24, 2.45) is 0 Å². The molecule has 2 aromatic carbocycles. The van der Waals surface area contributed by atoms with E-state index in [0.29, 0.717) is 29.9 Å². The predicted octanol–water partition coefficient (Wildman–Crippen LogP) is 4.37. The van der Waals surface area contributed by atoms with E-state index >= 15 is 0 Å². The van der Waals surface area contributed by atoms with E-state index < -0.39 is 5.97 Å². The quantitative estimate of drug-likeness (QED) is 0.849. The van der Waals surface area contributed by atoms with Crippen LogP contribution in [0, 0.1) is 0 Å². The summed E-state index contributed by atoms with van der Waals surface area (Å²) >= 11 is 0. The molecule has 0 bridgehead atoms. The normalized spacial score (nSPS) is 14.1. The molecule has 0 unspecified atom stereocenters. The smallest absolute Gasteiger partial charge is 0.332 e. The van der Waals surface area contributed by atoms with Crippen LogP contribution in [0.1, 0.15) is 25.7 Å². The fraction of sp³-hybridized carbons (Fsp3) is 0.200. The van der Waals surface area contributed by atoms with E-state index in [1.165, 1.54) is 0 Å². The van der Waals surface area contributed by atoms with Crippen LogP contribution in [0.5, 0.6) is 11.5 Å². The van der Waals surface area contributed by atoms with Crippen LogP contribution in [0.3, 0.4) is 0 Å². The molecule has 0 aliphatic heterocycles. The second-order valence-electron chi connectivity index (χ2n) is 5.86. The number of hydrogen-bond acceptors (Lipinski definition) is 3. The number of nitrogens with one attached hydrogen (secondary N) is 1. The molecule has 25 heavy (non-hydrogen) atoms. The second-order valence-corrected chi connectivity index (χ2v) is 5.86. The average Bonchev–Trinajstić information content (AvgIpc) is 2.64. The van der Waals surface area contributed by atoms with Gasteiger partial charge in [0.25, 0.3) is 5.91 Å². The van der Waals surface area contributed by atoms with Gasteiger partial charge in [0.15, 0.2) is 0 Å². The number of aliphatic carboxylic acids is 1. The molecule has 5 heteroatoms. The Kier molecular flexibility index (Phi) is 5.14. The molecule has 5 nitrogen and oxygen atoms in total. The maximum absolute atomic E-state index is 12.4.